The van der Waals surface area contributed by atoms with Gasteiger partial charge in [-0.2, -0.15) is 0 Å². The summed E-state index contributed by atoms with van der Waals surface area (Å²) in [4.78, 5) is 25.5. The average Bonchev–Trinajstić information content (AvgIpc) is 2.99. The summed E-state index contributed by atoms with van der Waals surface area (Å²) < 4.78 is 21.1. The van der Waals surface area contributed by atoms with Crippen molar-refractivity contribution in [2.45, 2.75) is 0 Å². The zero-order chi connectivity index (χ0) is 28.5. The molecule has 4 rings (SSSR count). The summed E-state index contributed by atoms with van der Waals surface area (Å²) in [6.07, 6.45) is 6.28. The Morgan fingerprint density at radius 1 is 0.550 bits per heavy atom. The van der Waals surface area contributed by atoms with Crippen LogP contribution < -0.4 is 29.6 Å². The number of carbonyl (C=O) groups excluding carboxylic acids is 2. The van der Waals surface area contributed by atoms with E-state index in [1.807, 2.05) is 48.5 Å². The van der Waals surface area contributed by atoms with Gasteiger partial charge in [-0.05, 0) is 59.7 Å². The first kappa shape index (κ1) is 27.8. The number of ether oxygens (including phenoxy) is 4. The highest BCUT2D eigenvalue weighted by Crippen LogP contribution is 2.31. The zero-order valence-electron chi connectivity index (χ0n) is 22.7. The van der Waals surface area contributed by atoms with E-state index in [0.29, 0.717) is 34.4 Å². The van der Waals surface area contributed by atoms with Crippen molar-refractivity contribution in [1.29, 1.82) is 0 Å². The van der Waals surface area contributed by atoms with Crippen molar-refractivity contribution in [3.8, 4) is 23.0 Å². The van der Waals surface area contributed by atoms with Gasteiger partial charge in [0.25, 0.3) is 0 Å². The number of anilines is 2. The van der Waals surface area contributed by atoms with Gasteiger partial charge in [0.1, 0.15) is 0 Å². The molecule has 0 unspecified atom stereocenters. The largest absolute Gasteiger partial charge is 0.493 e. The normalized spacial score (nSPS) is 11.0. The Hall–Kier alpha value is -5.24. The summed E-state index contributed by atoms with van der Waals surface area (Å²) in [7, 11) is 6.26. The van der Waals surface area contributed by atoms with Crippen molar-refractivity contribution in [3.63, 3.8) is 0 Å². The first-order valence-corrected chi connectivity index (χ1v) is 12.4. The number of amides is 2. The molecule has 0 heterocycles. The Kier molecular flexibility index (Phi) is 9.04. The Morgan fingerprint density at radius 3 is 1.32 bits per heavy atom. The van der Waals surface area contributed by atoms with Crippen LogP contribution in [0.15, 0.2) is 84.9 Å². The van der Waals surface area contributed by atoms with Gasteiger partial charge in [0.2, 0.25) is 11.8 Å². The molecule has 0 radical (unpaired) electrons. The van der Waals surface area contributed by atoms with Gasteiger partial charge in [-0.1, -0.05) is 36.4 Å². The lowest BCUT2D eigenvalue weighted by Gasteiger charge is -2.11. The maximum Gasteiger partial charge on any atom is 0.248 e. The molecule has 0 saturated carbocycles. The van der Waals surface area contributed by atoms with Gasteiger partial charge in [-0.25, -0.2) is 0 Å². The van der Waals surface area contributed by atoms with E-state index in [1.165, 1.54) is 12.2 Å². The number of rotatable bonds is 10. The van der Waals surface area contributed by atoms with Crippen LogP contribution >= 0.6 is 0 Å². The number of benzene rings is 4. The molecule has 0 aliphatic heterocycles. The fourth-order valence-electron chi connectivity index (χ4n) is 4.13. The third-order valence-corrected chi connectivity index (χ3v) is 6.11. The highest BCUT2D eigenvalue weighted by atomic mass is 16.5. The molecule has 204 valence electrons. The van der Waals surface area contributed by atoms with Crippen LogP contribution in [0.2, 0.25) is 0 Å². The molecule has 0 aliphatic carbocycles. The summed E-state index contributed by atoms with van der Waals surface area (Å²) in [5.41, 5.74) is 2.82. The molecule has 8 nitrogen and oxygen atoms in total. The van der Waals surface area contributed by atoms with Gasteiger partial charge >= 0.3 is 0 Å². The smallest absolute Gasteiger partial charge is 0.248 e. The van der Waals surface area contributed by atoms with Crippen molar-refractivity contribution in [3.05, 3.63) is 96.1 Å². The Labute approximate surface area is 232 Å². The van der Waals surface area contributed by atoms with E-state index in [4.69, 9.17) is 18.9 Å². The van der Waals surface area contributed by atoms with E-state index in [2.05, 4.69) is 10.6 Å². The van der Waals surface area contributed by atoms with Gasteiger partial charge in [0.15, 0.2) is 23.0 Å². The van der Waals surface area contributed by atoms with E-state index in [-0.39, 0.29) is 11.8 Å². The average molecular weight is 539 g/mol. The van der Waals surface area contributed by atoms with Crippen LogP contribution in [0.4, 0.5) is 11.4 Å². The van der Waals surface area contributed by atoms with E-state index in [0.717, 1.165) is 21.9 Å². The minimum Gasteiger partial charge on any atom is -0.493 e. The number of hydrogen-bond acceptors (Lipinski definition) is 6. The van der Waals surface area contributed by atoms with Gasteiger partial charge in [-0.15, -0.1) is 0 Å². The minimum absolute atomic E-state index is 0.297. The number of fused-ring (bicyclic) bond motifs is 1. The standard InChI is InChI=1S/C32H30N2O6/c1-37-27-15-11-21(19-29(27)39-3)13-17-31(35)33-25-9-5-8-24-23(25)7-6-10-26(24)34-32(36)18-14-22-12-16-28(38-2)30(20-22)40-4/h5-20H,1-4H3,(H,33,35)(H,34,36)/b17-13+,18-14+. The molecule has 2 N–H and O–H groups in total. The van der Waals surface area contributed by atoms with Gasteiger partial charge in [0, 0.05) is 34.3 Å². The molecule has 4 aromatic carbocycles. The van der Waals surface area contributed by atoms with Crippen molar-refractivity contribution < 1.29 is 28.5 Å². The van der Waals surface area contributed by atoms with E-state index >= 15 is 0 Å². The molecule has 0 fully saturated rings. The lowest BCUT2D eigenvalue weighted by atomic mass is 10.1. The van der Waals surface area contributed by atoms with E-state index in [9.17, 15) is 9.59 Å². The molecule has 40 heavy (non-hydrogen) atoms. The van der Waals surface area contributed by atoms with Gasteiger partial charge < -0.3 is 29.6 Å². The molecule has 0 bridgehead atoms. The van der Waals surface area contributed by atoms with Crippen LogP contribution in [0.25, 0.3) is 22.9 Å². The topological polar surface area (TPSA) is 95.1 Å². The van der Waals surface area contributed by atoms with Crippen molar-refractivity contribution in [1.82, 2.24) is 0 Å². The second-order valence-corrected chi connectivity index (χ2v) is 8.58. The zero-order valence-corrected chi connectivity index (χ0v) is 22.7. The predicted octanol–water partition coefficient (Wildman–Crippen LogP) is 6.18. The number of hydrogen-bond donors (Lipinski definition) is 2. The summed E-state index contributed by atoms with van der Waals surface area (Å²) >= 11 is 0. The first-order valence-electron chi connectivity index (χ1n) is 12.4. The molecule has 0 saturated heterocycles. The number of nitrogens with one attached hydrogen (secondary N) is 2. The van der Waals surface area contributed by atoms with Gasteiger partial charge in [-0.3, -0.25) is 9.59 Å². The number of methoxy groups -OCH3 is 4. The Balaban J connectivity index is 1.48. The van der Waals surface area contributed by atoms with Crippen molar-refractivity contribution in [2.75, 3.05) is 39.1 Å². The van der Waals surface area contributed by atoms with Crippen molar-refractivity contribution >= 4 is 46.1 Å². The van der Waals surface area contributed by atoms with Crippen molar-refractivity contribution in [2.24, 2.45) is 0 Å². The summed E-state index contributed by atoms with van der Waals surface area (Å²) in [6, 6.07) is 21.8. The van der Waals surface area contributed by atoms with Crippen LogP contribution in [0.5, 0.6) is 23.0 Å². The van der Waals surface area contributed by atoms with E-state index < -0.39 is 0 Å². The highest BCUT2D eigenvalue weighted by molar-refractivity contribution is 6.12. The first-order chi connectivity index (χ1) is 19.4. The second-order valence-electron chi connectivity index (χ2n) is 8.58. The summed E-state index contributed by atoms with van der Waals surface area (Å²) in [5, 5.41) is 7.42. The van der Waals surface area contributed by atoms with Crippen LogP contribution in [0.3, 0.4) is 0 Å². The molecule has 0 spiro atoms. The fourth-order valence-corrected chi connectivity index (χ4v) is 4.13. The van der Waals surface area contributed by atoms with Crippen LogP contribution in [-0.2, 0) is 9.59 Å². The van der Waals surface area contributed by atoms with Gasteiger partial charge in [0.05, 0.1) is 28.4 Å². The lowest BCUT2D eigenvalue weighted by Crippen LogP contribution is -2.10. The second kappa shape index (κ2) is 13.0. The number of carbonyl (C=O) groups is 2. The Bertz CT molecular complexity index is 1470. The molecule has 4 aromatic rings. The minimum atomic E-state index is -0.297. The molecular weight excluding hydrogens is 508 g/mol. The predicted molar refractivity (Wildman–Crippen MR) is 158 cm³/mol. The lowest BCUT2D eigenvalue weighted by molar-refractivity contribution is -0.112. The maximum absolute atomic E-state index is 12.7. The highest BCUT2D eigenvalue weighted by Gasteiger charge is 2.09. The quantitative estimate of drug-likeness (QED) is 0.234. The summed E-state index contributed by atoms with van der Waals surface area (Å²) in [5.74, 6) is 1.78. The maximum atomic E-state index is 12.7. The molecule has 0 atom stereocenters. The fraction of sp³-hybridized carbons (Fsp3) is 0.125. The molecule has 8 heteroatoms. The van der Waals surface area contributed by atoms with E-state index in [1.54, 1.807) is 64.9 Å². The monoisotopic (exact) mass is 538 g/mol. The third-order valence-electron chi connectivity index (χ3n) is 6.11. The SMILES string of the molecule is COc1ccc(/C=C/C(=O)Nc2cccc3c(NC(=O)/C=C/c4ccc(OC)c(OC)c4)cccc23)cc1OC. The van der Waals surface area contributed by atoms with Crippen LogP contribution in [0.1, 0.15) is 11.1 Å². The van der Waals surface area contributed by atoms with Crippen LogP contribution in [0, 0.1) is 0 Å². The molecule has 0 aromatic heterocycles. The molecular formula is C32H30N2O6. The summed E-state index contributed by atoms with van der Waals surface area (Å²) in [6.45, 7) is 0. The third kappa shape index (κ3) is 6.60. The Morgan fingerprint density at radius 2 is 0.950 bits per heavy atom. The molecule has 0 aliphatic rings. The van der Waals surface area contributed by atoms with Crippen LogP contribution in [-0.4, -0.2) is 40.3 Å². The molecule has 2 amide bonds.